The van der Waals surface area contributed by atoms with Gasteiger partial charge in [-0.05, 0) is 43.2 Å². The molecule has 0 radical (unpaired) electrons. The highest BCUT2D eigenvalue weighted by atomic mass is 127. The van der Waals surface area contributed by atoms with Crippen LogP contribution in [0.2, 0.25) is 0 Å². The van der Waals surface area contributed by atoms with E-state index in [1.807, 2.05) is 12.1 Å². The van der Waals surface area contributed by atoms with Gasteiger partial charge in [-0.1, -0.05) is 0 Å². The highest BCUT2D eigenvalue weighted by Gasteiger charge is 2.22. The van der Waals surface area contributed by atoms with Crippen LogP contribution >= 0.6 is 24.0 Å². The van der Waals surface area contributed by atoms with Crippen molar-refractivity contribution in [3.63, 3.8) is 0 Å². The normalized spacial score (nSPS) is 20.4. The van der Waals surface area contributed by atoms with Crippen molar-refractivity contribution < 1.29 is 9.47 Å². The molecular formula is C17H27IN4O2. The summed E-state index contributed by atoms with van der Waals surface area (Å²) in [7, 11) is 1.78. The molecule has 0 aromatic carbocycles. The Morgan fingerprint density at radius 2 is 2.25 bits per heavy atom. The zero-order valence-corrected chi connectivity index (χ0v) is 16.5. The van der Waals surface area contributed by atoms with Gasteiger partial charge in [-0.2, -0.15) is 0 Å². The van der Waals surface area contributed by atoms with Crippen LogP contribution in [0.3, 0.4) is 0 Å². The van der Waals surface area contributed by atoms with Gasteiger partial charge >= 0.3 is 0 Å². The van der Waals surface area contributed by atoms with Crippen molar-refractivity contribution in [3.8, 4) is 5.88 Å². The van der Waals surface area contributed by atoms with Gasteiger partial charge in [0, 0.05) is 39.0 Å². The predicted octanol–water partition coefficient (Wildman–Crippen LogP) is 2.33. The molecule has 0 amide bonds. The Morgan fingerprint density at radius 1 is 1.38 bits per heavy atom. The molecule has 1 saturated carbocycles. The highest BCUT2D eigenvalue weighted by Crippen LogP contribution is 2.29. The fraction of sp³-hybridized carbons (Fsp3) is 0.647. The number of nitrogens with one attached hydrogen (secondary N) is 2. The van der Waals surface area contributed by atoms with E-state index in [0.717, 1.165) is 50.0 Å². The van der Waals surface area contributed by atoms with Crippen molar-refractivity contribution in [1.82, 2.24) is 15.6 Å². The minimum atomic E-state index is 0. The second-order valence-electron chi connectivity index (χ2n) is 6.20. The van der Waals surface area contributed by atoms with E-state index >= 15 is 0 Å². The van der Waals surface area contributed by atoms with E-state index in [1.54, 1.807) is 13.2 Å². The van der Waals surface area contributed by atoms with E-state index < -0.39 is 0 Å². The maximum Gasteiger partial charge on any atom is 0.213 e. The van der Waals surface area contributed by atoms with Crippen molar-refractivity contribution in [3.05, 3.63) is 23.9 Å². The number of aromatic nitrogens is 1. The average molecular weight is 446 g/mol. The quantitative estimate of drug-likeness (QED) is 0.383. The third kappa shape index (κ3) is 6.43. The van der Waals surface area contributed by atoms with Gasteiger partial charge in [0.25, 0.3) is 0 Å². The van der Waals surface area contributed by atoms with Gasteiger partial charge in [0.1, 0.15) is 0 Å². The first kappa shape index (κ1) is 19.2. The molecule has 2 heterocycles. The van der Waals surface area contributed by atoms with Crippen LogP contribution in [0, 0.1) is 5.92 Å². The molecular weight excluding hydrogens is 419 g/mol. The van der Waals surface area contributed by atoms with Gasteiger partial charge in [-0.3, -0.25) is 4.99 Å². The molecule has 1 aliphatic heterocycles. The summed E-state index contributed by atoms with van der Waals surface area (Å²) in [4.78, 5) is 8.51. The molecule has 2 N–H and O–H groups in total. The first-order chi connectivity index (χ1) is 11.3. The predicted molar refractivity (Wildman–Crippen MR) is 105 cm³/mol. The lowest BCUT2D eigenvalue weighted by molar-refractivity contribution is 0.114. The Balaban J connectivity index is 0.00000208. The van der Waals surface area contributed by atoms with Crippen molar-refractivity contribution in [1.29, 1.82) is 0 Å². The van der Waals surface area contributed by atoms with Crippen LogP contribution in [0.1, 0.15) is 31.2 Å². The standard InChI is InChI=1S/C17H26N4O2.HI/c1-18-17(21-11-15-3-2-8-22-15)20-10-14-6-7-19-16(9-14)23-12-13-4-5-13;/h6-7,9,13,15H,2-5,8,10-12H2,1H3,(H2,18,20,21);1H. The SMILES string of the molecule is CN=C(NCc1ccnc(OCC2CC2)c1)NCC1CCCO1.I. The molecule has 1 aliphatic carbocycles. The topological polar surface area (TPSA) is 67.8 Å². The summed E-state index contributed by atoms with van der Waals surface area (Å²) in [5, 5.41) is 6.63. The summed E-state index contributed by atoms with van der Waals surface area (Å²) in [6.45, 7) is 3.15. The number of hydrogen-bond acceptors (Lipinski definition) is 4. The Labute approximate surface area is 160 Å². The number of pyridine rings is 1. The molecule has 1 unspecified atom stereocenters. The Bertz CT molecular complexity index is 531. The molecule has 6 nitrogen and oxygen atoms in total. The minimum Gasteiger partial charge on any atom is -0.477 e. The number of halogens is 1. The zero-order chi connectivity index (χ0) is 15.9. The lowest BCUT2D eigenvalue weighted by Gasteiger charge is -2.15. The Morgan fingerprint density at radius 3 is 2.96 bits per heavy atom. The summed E-state index contributed by atoms with van der Waals surface area (Å²) in [6.07, 6.45) is 6.94. The van der Waals surface area contributed by atoms with Crippen molar-refractivity contribution >= 4 is 29.9 Å². The third-order valence-corrected chi connectivity index (χ3v) is 4.17. The van der Waals surface area contributed by atoms with E-state index in [4.69, 9.17) is 9.47 Å². The maximum absolute atomic E-state index is 5.72. The molecule has 1 atom stereocenters. The molecule has 1 saturated heterocycles. The van der Waals surface area contributed by atoms with Crippen molar-refractivity contribution in [2.75, 3.05) is 26.8 Å². The van der Waals surface area contributed by atoms with Crippen LogP contribution in [-0.2, 0) is 11.3 Å². The number of ether oxygens (including phenoxy) is 2. The smallest absolute Gasteiger partial charge is 0.213 e. The van der Waals surface area contributed by atoms with Crippen LogP contribution in [0.4, 0.5) is 0 Å². The van der Waals surface area contributed by atoms with E-state index in [9.17, 15) is 0 Å². The van der Waals surface area contributed by atoms with Gasteiger partial charge in [-0.25, -0.2) is 4.98 Å². The van der Waals surface area contributed by atoms with E-state index in [2.05, 4.69) is 20.6 Å². The van der Waals surface area contributed by atoms with Gasteiger partial charge in [-0.15, -0.1) is 24.0 Å². The molecule has 24 heavy (non-hydrogen) atoms. The number of nitrogens with zero attached hydrogens (tertiary/aromatic N) is 2. The maximum atomic E-state index is 5.72. The molecule has 2 fully saturated rings. The van der Waals surface area contributed by atoms with Crippen LogP contribution < -0.4 is 15.4 Å². The molecule has 2 aliphatic rings. The summed E-state index contributed by atoms with van der Waals surface area (Å²) in [5.41, 5.74) is 1.13. The highest BCUT2D eigenvalue weighted by molar-refractivity contribution is 14.0. The van der Waals surface area contributed by atoms with Crippen LogP contribution in [0.5, 0.6) is 5.88 Å². The van der Waals surface area contributed by atoms with Crippen molar-refractivity contribution in [2.45, 2.75) is 38.3 Å². The van der Waals surface area contributed by atoms with Gasteiger partial charge in [0.05, 0.1) is 12.7 Å². The summed E-state index contributed by atoms with van der Waals surface area (Å²) in [5.74, 6) is 2.23. The van der Waals surface area contributed by atoms with Gasteiger partial charge in [0.2, 0.25) is 5.88 Å². The van der Waals surface area contributed by atoms with Crippen LogP contribution in [-0.4, -0.2) is 43.9 Å². The Hall–Kier alpha value is -1.09. The van der Waals surface area contributed by atoms with E-state index in [-0.39, 0.29) is 24.0 Å². The number of aliphatic imine (C=N–C) groups is 1. The molecule has 0 bridgehead atoms. The van der Waals surface area contributed by atoms with E-state index in [0.29, 0.717) is 18.5 Å². The third-order valence-electron chi connectivity index (χ3n) is 4.17. The second kappa shape index (κ2) is 10.0. The monoisotopic (exact) mass is 446 g/mol. The molecule has 1 aromatic rings. The fourth-order valence-electron chi connectivity index (χ4n) is 2.55. The van der Waals surface area contributed by atoms with Crippen molar-refractivity contribution in [2.24, 2.45) is 10.9 Å². The van der Waals surface area contributed by atoms with Crippen LogP contribution in [0.15, 0.2) is 23.3 Å². The largest absolute Gasteiger partial charge is 0.477 e. The fourth-order valence-corrected chi connectivity index (χ4v) is 2.55. The van der Waals surface area contributed by atoms with Gasteiger partial charge < -0.3 is 20.1 Å². The molecule has 1 aromatic heterocycles. The lowest BCUT2D eigenvalue weighted by Crippen LogP contribution is -2.40. The molecule has 7 heteroatoms. The number of hydrogen-bond donors (Lipinski definition) is 2. The molecule has 0 spiro atoms. The number of rotatable bonds is 7. The van der Waals surface area contributed by atoms with Gasteiger partial charge in [0.15, 0.2) is 5.96 Å². The zero-order valence-electron chi connectivity index (χ0n) is 14.2. The number of guanidine groups is 1. The second-order valence-corrected chi connectivity index (χ2v) is 6.20. The van der Waals surface area contributed by atoms with E-state index in [1.165, 1.54) is 12.8 Å². The summed E-state index contributed by atoms with van der Waals surface area (Å²) in [6, 6.07) is 3.98. The molecule has 134 valence electrons. The first-order valence-corrected chi connectivity index (χ1v) is 8.47. The summed E-state index contributed by atoms with van der Waals surface area (Å²) >= 11 is 0. The average Bonchev–Trinajstić information content (AvgIpc) is 3.27. The lowest BCUT2D eigenvalue weighted by atomic mass is 10.2. The Kier molecular flexibility index (Phi) is 8.04. The summed E-state index contributed by atoms with van der Waals surface area (Å²) < 4.78 is 11.3. The minimum absolute atomic E-state index is 0. The first-order valence-electron chi connectivity index (χ1n) is 8.47. The molecule has 3 rings (SSSR count). The van der Waals surface area contributed by atoms with Crippen LogP contribution in [0.25, 0.3) is 0 Å².